The zero-order valence-electron chi connectivity index (χ0n) is 9.66. The number of fused-ring (bicyclic) bond motifs is 1. The van der Waals surface area contributed by atoms with Crippen LogP contribution in [0.2, 0.25) is 5.15 Å². The predicted octanol–water partition coefficient (Wildman–Crippen LogP) is 3.28. The fourth-order valence-electron chi connectivity index (χ4n) is 1.89. The Morgan fingerprint density at radius 2 is 2.19 bits per heavy atom. The lowest BCUT2D eigenvalue weighted by molar-refractivity contribution is 0.818. The number of hydrogen-bond acceptors (Lipinski definition) is 2. The van der Waals surface area contributed by atoms with Gasteiger partial charge in [0, 0.05) is 17.6 Å². The van der Waals surface area contributed by atoms with E-state index in [4.69, 9.17) is 11.6 Å². The molecule has 0 bridgehead atoms. The van der Waals surface area contributed by atoms with Crippen molar-refractivity contribution >= 4 is 22.5 Å². The highest BCUT2D eigenvalue weighted by Crippen LogP contribution is 2.28. The summed E-state index contributed by atoms with van der Waals surface area (Å²) in [6, 6.07) is 0. The Morgan fingerprint density at radius 1 is 1.44 bits per heavy atom. The molecule has 0 aliphatic carbocycles. The van der Waals surface area contributed by atoms with Crippen LogP contribution in [-0.2, 0) is 6.54 Å². The summed E-state index contributed by atoms with van der Waals surface area (Å²) in [5.74, 6) is 0. The van der Waals surface area contributed by atoms with Crippen LogP contribution in [0.3, 0.4) is 0 Å². The summed E-state index contributed by atoms with van der Waals surface area (Å²) in [5, 5.41) is 9.35. The van der Waals surface area contributed by atoms with Gasteiger partial charge in [-0.3, -0.25) is 0 Å². The highest BCUT2D eigenvalue weighted by Gasteiger charge is 2.13. The molecule has 0 spiro atoms. The molecule has 2 aromatic rings. The van der Waals surface area contributed by atoms with Gasteiger partial charge in [0.2, 0.25) is 0 Å². The molecule has 0 amide bonds. The first-order valence-corrected chi connectivity index (χ1v) is 5.62. The molecular formula is C12H14ClN3. The molecule has 0 N–H and O–H groups in total. The van der Waals surface area contributed by atoms with Gasteiger partial charge in [-0.2, -0.15) is 5.10 Å². The highest BCUT2D eigenvalue weighted by atomic mass is 35.5. The molecule has 4 heteroatoms. The molecule has 0 saturated carbocycles. The second-order valence-electron chi connectivity index (χ2n) is 3.79. The monoisotopic (exact) mass is 235 g/mol. The van der Waals surface area contributed by atoms with E-state index in [0.717, 1.165) is 17.4 Å². The first-order chi connectivity index (χ1) is 7.66. The number of allylic oxidation sites excluding steroid dienone is 2. The maximum atomic E-state index is 6.11. The van der Waals surface area contributed by atoms with Gasteiger partial charge in [0.05, 0.1) is 11.7 Å². The average molecular weight is 236 g/mol. The van der Waals surface area contributed by atoms with Crippen LogP contribution in [0.25, 0.3) is 10.9 Å². The molecule has 2 heterocycles. The molecule has 0 saturated heterocycles. The fraction of sp³-hybridized carbons (Fsp3) is 0.333. The molecule has 0 radical (unpaired) electrons. The van der Waals surface area contributed by atoms with Crippen molar-refractivity contribution < 1.29 is 0 Å². The van der Waals surface area contributed by atoms with Crippen LogP contribution in [0.5, 0.6) is 0 Å². The van der Waals surface area contributed by atoms with Crippen LogP contribution in [0.4, 0.5) is 0 Å². The van der Waals surface area contributed by atoms with Crippen molar-refractivity contribution in [3.8, 4) is 0 Å². The maximum absolute atomic E-state index is 6.11. The van der Waals surface area contributed by atoms with Gasteiger partial charge < -0.3 is 4.57 Å². The third-order valence-corrected chi connectivity index (χ3v) is 3.18. The van der Waals surface area contributed by atoms with Gasteiger partial charge in [0.25, 0.3) is 0 Å². The van der Waals surface area contributed by atoms with E-state index in [9.17, 15) is 0 Å². The SMILES string of the molecule is C/C=C/Cn1c(C)c(C)c2cnnc(Cl)c21. The lowest BCUT2D eigenvalue weighted by atomic mass is 10.2. The van der Waals surface area contributed by atoms with E-state index < -0.39 is 0 Å². The number of halogens is 1. The van der Waals surface area contributed by atoms with E-state index in [1.165, 1.54) is 11.3 Å². The lowest BCUT2D eigenvalue weighted by Gasteiger charge is -2.04. The molecule has 0 atom stereocenters. The average Bonchev–Trinajstić information content (AvgIpc) is 2.52. The van der Waals surface area contributed by atoms with Crippen molar-refractivity contribution in [2.45, 2.75) is 27.3 Å². The van der Waals surface area contributed by atoms with E-state index in [1.807, 2.05) is 13.0 Å². The Balaban J connectivity index is 2.75. The molecule has 16 heavy (non-hydrogen) atoms. The third kappa shape index (κ3) is 1.61. The predicted molar refractivity (Wildman–Crippen MR) is 66.8 cm³/mol. The quantitative estimate of drug-likeness (QED) is 0.748. The summed E-state index contributed by atoms with van der Waals surface area (Å²) in [7, 11) is 0. The highest BCUT2D eigenvalue weighted by molar-refractivity contribution is 6.33. The minimum Gasteiger partial charge on any atom is -0.338 e. The van der Waals surface area contributed by atoms with Gasteiger partial charge in [0.15, 0.2) is 5.15 Å². The molecule has 2 rings (SSSR count). The first kappa shape index (κ1) is 11.1. The van der Waals surface area contributed by atoms with Gasteiger partial charge in [-0.05, 0) is 26.3 Å². The molecule has 3 nitrogen and oxygen atoms in total. The van der Waals surface area contributed by atoms with E-state index in [0.29, 0.717) is 5.15 Å². The van der Waals surface area contributed by atoms with Gasteiger partial charge in [-0.25, -0.2) is 0 Å². The van der Waals surface area contributed by atoms with Crippen molar-refractivity contribution in [2.75, 3.05) is 0 Å². The molecule has 0 aromatic carbocycles. The van der Waals surface area contributed by atoms with Crippen LogP contribution in [0, 0.1) is 13.8 Å². The van der Waals surface area contributed by atoms with Crippen molar-refractivity contribution in [2.24, 2.45) is 0 Å². The van der Waals surface area contributed by atoms with E-state index >= 15 is 0 Å². The Morgan fingerprint density at radius 3 is 2.88 bits per heavy atom. The smallest absolute Gasteiger partial charge is 0.175 e. The summed E-state index contributed by atoms with van der Waals surface area (Å²) < 4.78 is 2.17. The van der Waals surface area contributed by atoms with Crippen LogP contribution < -0.4 is 0 Å². The molecule has 84 valence electrons. The van der Waals surface area contributed by atoms with Gasteiger partial charge in [-0.1, -0.05) is 23.8 Å². The van der Waals surface area contributed by atoms with E-state index in [1.54, 1.807) is 6.20 Å². The van der Waals surface area contributed by atoms with Crippen LogP contribution in [0.15, 0.2) is 18.3 Å². The third-order valence-electron chi connectivity index (χ3n) is 2.93. The second-order valence-corrected chi connectivity index (χ2v) is 4.15. The zero-order valence-corrected chi connectivity index (χ0v) is 10.4. The standard InChI is InChI=1S/C12H14ClN3/c1-4-5-6-16-9(3)8(2)10-7-14-15-12(13)11(10)16/h4-5,7H,6H2,1-3H3/b5-4+. The minimum atomic E-state index is 0.471. The van der Waals surface area contributed by atoms with Crippen LogP contribution in [0.1, 0.15) is 18.2 Å². The molecule has 0 aliphatic heterocycles. The molecule has 0 fully saturated rings. The summed E-state index contributed by atoms with van der Waals surface area (Å²) in [6.45, 7) is 7.00. The number of nitrogens with zero attached hydrogens (tertiary/aromatic N) is 3. The van der Waals surface area contributed by atoms with Crippen molar-refractivity contribution in [3.05, 3.63) is 34.8 Å². The normalized spacial score (nSPS) is 11.8. The van der Waals surface area contributed by atoms with Crippen molar-refractivity contribution in [1.82, 2.24) is 14.8 Å². The first-order valence-electron chi connectivity index (χ1n) is 5.24. The number of hydrogen-bond donors (Lipinski definition) is 0. The van der Waals surface area contributed by atoms with Gasteiger partial charge >= 0.3 is 0 Å². The lowest BCUT2D eigenvalue weighted by Crippen LogP contribution is -1.99. The Hall–Kier alpha value is -1.35. The number of aromatic nitrogens is 3. The van der Waals surface area contributed by atoms with Crippen LogP contribution in [-0.4, -0.2) is 14.8 Å². The van der Waals surface area contributed by atoms with E-state index in [-0.39, 0.29) is 0 Å². The largest absolute Gasteiger partial charge is 0.338 e. The summed E-state index contributed by atoms with van der Waals surface area (Å²) in [4.78, 5) is 0. The Kier molecular flexibility index (Phi) is 2.97. The summed E-state index contributed by atoms with van der Waals surface area (Å²) >= 11 is 6.11. The summed E-state index contributed by atoms with van der Waals surface area (Å²) in [6.07, 6.45) is 5.90. The summed E-state index contributed by atoms with van der Waals surface area (Å²) in [5.41, 5.74) is 3.41. The second kappa shape index (κ2) is 4.26. The van der Waals surface area contributed by atoms with Crippen molar-refractivity contribution in [3.63, 3.8) is 0 Å². The fourth-order valence-corrected chi connectivity index (χ4v) is 2.14. The number of aryl methyl sites for hydroxylation is 1. The van der Waals surface area contributed by atoms with Crippen molar-refractivity contribution in [1.29, 1.82) is 0 Å². The minimum absolute atomic E-state index is 0.471. The van der Waals surface area contributed by atoms with Gasteiger partial charge in [0.1, 0.15) is 0 Å². The Labute approximate surface area is 99.7 Å². The molecule has 0 aliphatic rings. The molecular weight excluding hydrogens is 222 g/mol. The van der Waals surface area contributed by atoms with E-state index in [2.05, 4.69) is 34.7 Å². The number of rotatable bonds is 2. The zero-order chi connectivity index (χ0) is 11.7. The molecule has 2 aromatic heterocycles. The maximum Gasteiger partial charge on any atom is 0.175 e. The van der Waals surface area contributed by atoms with Crippen LogP contribution >= 0.6 is 11.6 Å². The Bertz CT molecular complexity index is 555. The van der Waals surface area contributed by atoms with Gasteiger partial charge in [-0.15, -0.1) is 5.10 Å². The molecule has 0 unspecified atom stereocenters. The topological polar surface area (TPSA) is 30.7 Å².